The Morgan fingerprint density at radius 3 is 2.61 bits per heavy atom. The van der Waals surface area contributed by atoms with Crippen LogP contribution in [0.25, 0.3) is 5.65 Å². The van der Waals surface area contributed by atoms with Crippen LogP contribution in [0.15, 0.2) is 23.1 Å². The third-order valence-electron chi connectivity index (χ3n) is 3.70. The van der Waals surface area contributed by atoms with Gasteiger partial charge in [-0.25, -0.2) is 14.7 Å². The summed E-state index contributed by atoms with van der Waals surface area (Å²) in [6, 6.07) is 3.74. The van der Waals surface area contributed by atoms with Gasteiger partial charge < -0.3 is 14.5 Å². The molecule has 8 nitrogen and oxygen atoms in total. The van der Waals surface area contributed by atoms with E-state index in [-0.39, 0.29) is 11.8 Å². The number of fused-ring (bicyclic) bond motifs is 1. The Morgan fingerprint density at radius 2 is 1.96 bits per heavy atom. The minimum atomic E-state index is -0.480. The topological polar surface area (TPSA) is 82.9 Å². The Labute approximate surface area is 133 Å². The first kappa shape index (κ1) is 15.4. The number of hydrogen-bond donors (Lipinski definition) is 1. The smallest absolute Gasteiger partial charge is 0.410 e. The van der Waals surface area contributed by atoms with Gasteiger partial charge in [0.05, 0.1) is 0 Å². The predicted molar refractivity (Wildman–Crippen MR) is 85.8 cm³/mol. The van der Waals surface area contributed by atoms with Gasteiger partial charge in [-0.3, -0.25) is 4.40 Å². The van der Waals surface area contributed by atoms with Gasteiger partial charge >= 0.3 is 11.8 Å². The first-order chi connectivity index (χ1) is 10.8. The average molecular weight is 319 g/mol. The van der Waals surface area contributed by atoms with Crippen LogP contribution in [-0.2, 0) is 4.74 Å². The highest BCUT2D eigenvalue weighted by Crippen LogP contribution is 2.18. The second kappa shape index (κ2) is 5.60. The maximum Gasteiger partial charge on any atom is 0.410 e. The molecule has 0 saturated carbocycles. The summed E-state index contributed by atoms with van der Waals surface area (Å²) >= 11 is 0. The van der Waals surface area contributed by atoms with Crippen LogP contribution in [0.3, 0.4) is 0 Å². The number of amides is 1. The van der Waals surface area contributed by atoms with Crippen molar-refractivity contribution >= 4 is 17.4 Å². The van der Waals surface area contributed by atoms with E-state index in [0.717, 1.165) is 5.69 Å². The van der Waals surface area contributed by atoms with Crippen molar-refractivity contribution in [2.45, 2.75) is 26.4 Å². The van der Waals surface area contributed by atoms with Gasteiger partial charge in [-0.05, 0) is 26.8 Å². The molecule has 1 saturated heterocycles. The van der Waals surface area contributed by atoms with Crippen molar-refractivity contribution in [1.29, 1.82) is 0 Å². The molecule has 0 unspecified atom stereocenters. The molecule has 0 aromatic carbocycles. The molecule has 1 fully saturated rings. The van der Waals surface area contributed by atoms with Crippen molar-refractivity contribution in [1.82, 2.24) is 19.5 Å². The summed E-state index contributed by atoms with van der Waals surface area (Å²) in [5, 5.41) is 6.39. The lowest BCUT2D eigenvalue weighted by atomic mass is 10.2. The zero-order valence-electron chi connectivity index (χ0n) is 13.6. The number of aromatic nitrogens is 3. The second-order valence-corrected chi connectivity index (χ2v) is 6.60. The number of hydrogen-bond acceptors (Lipinski definition) is 5. The molecular formula is C15H21N5O3. The van der Waals surface area contributed by atoms with Gasteiger partial charge in [0, 0.05) is 44.1 Å². The SMILES string of the molecule is CC(C)(C)OC(=O)N1CCN(c2ccn3c(=O)[nH]nc3c2)CC1. The number of piperazine rings is 1. The molecule has 0 radical (unpaired) electrons. The molecule has 23 heavy (non-hydrogen) atoms. The number of carbonyl (C=O) groups excluding carboxylic acids is 1. The van der Waals surface area contributed by atoms with Gasteiger partial charge in [-0.1, -0.05) is 0 Å². The summed E-state index contributed by atoms with van der Waals surface area (Å²) in [5.74, 6) is 0. The van der Waals surface area contributed by atoms with Crippen molar-refractivity contribution in [3.05, 3.63) is 28.8 Å². The minimum Gasteiger partial charge on any atom is -0.444 e. The Balaban J connectivity index is 1.66. The van der Waals surface area contributed by atoms with E-state index >= 15 is 0 Å². The monoisotopic (exact) mass is 319 g/mol. The highest BCUT2D eigenvalue weighted by atomic mass is 16.6. The molecule has 2 aromatic heterocycles. The first-order valence-corrected chi connectivity index (χ1v) is 7.63. The summed E-state index contributed by atoms with van der Waals surface area (Å²) in [7, 11) is 0. The van der Waals surface area contributed by atoms with E-state index in [1.807, 2.05) is 32.9 Å². The summed E-state index contributed by atoms with van der Waals surface area (Å²) in [5.41, 5.74) is 0.843. The number of nitrogens with one attached hydrogen (secondary N) is 1. The number of ether oxygens (including phenoxy) is 1. The second-order valence-electron chi connectivity index (χ2n) is 6.60. The van der Waals surface area contributed by atoms with Crippen LogP contribution < -0.4 is 10.6 Å². The summed E-state index contributed by atoms with van der Waals surface area (Å²) in [6.45, 7) is 8.22. The molecule has 0 aliphatic carbocycles. The molecule has 1 N–H and O–H groups in total. The highest BCUT2D eigenvalue weighted by molar-refractivity contribution is 5.68. The Hall–Kier alpha value is -2.51. The fraction of sp³-hybridized carbons (Fsp3) is 0.533. The van der Waals surface area contributed by atoms with Gasteiger partial charge in [0.1, 0.15) is 5.60 Å². The molecule has 3 rings (SSSR count). The lowest BCUT2D eigenvalue weighted by Gasteiger charge is -2.36. The van der Waals surface area contributed by atoms with Gasteiger partial charge in [0.25, 0.3) is 0 Å². The van der Waals surface area contributed by atoms with E-state index in [2.05, 4.69) is 15.1 Å². The molecule has 3 heterocycles. The molecule has 1 amide bonds. The molecule has 8 heteroatoms. The lowest BCUT2D eigenvalue weighted by Crippen LogP contribution is -2.50. The number of carbonyl (C=O) groups is 1. The van der Waals surface area contributed by atoms with E-state index in [9.17, 15) is 9.59 Å². The molecule has 0 atom stereocenters. The van der Waals surface area contributed by atoms with E-state index in [1.165, 1.54) is 4.40 Å². The Bertz CT molecular complexity index is 765. The lowest BCUT2D eigenvalue weighted by molar-refractivity contribution is 0.0240. The van der Waals surface area contributed by atoms with Crippen LogP contribution >= 0.6 is 0 Å². The van der Waals surface area contributed by atoms with E-state index in [0.29, 0.717) is 31.8 Å². The zero-order valence-corrected chi connectivity index (χ0v) is 13.6. The van der Waals surface area contributed by atoms with Crippen LogP contribution in [0, 0.1) is 0 Å². The number of H-pyrrole nitrogens is 1. The largest absolute Gasteiger partial charge is 0.444 e. The number of aromatic amines is 1. The molecule has 0 bridgehead atoms. The molecular weight excluding hydrogens is 298 g/mol. The number of anilines is 1. The minimum absolute atomic E-state index is 0.249. The van der Waals surface area contributed by atoms with Gasteiger partial charge in [0.15, 0.2) is 5.65 Å². The molecule has 1 aliphatic heterocycles. The number of pyridine rings is 1. The first-order valence-electron chi connectivity index (χ1n) is 7.63. The van der Waals surface area contributed by atoms with Crippen molar-refractivity contribution in [3.8, 4) is 0 Å². The Morgan fingerprint density at radius 1 is 1.26 bits per heavy atom. The van der Waals surface area contributed by atoms with E-state index in [1.54, 1.807) is 11.1 Å². The molecule has 0 spiro atoms. The third kappa shape index (κ3) is 3.30. The van der Waals surface area contributed by atoms with Crippen molar-refractivity contribution < 1.29 is 9.53 Å². The van der Waals surface area contributed by atoms with Gasteiger partial charge in [-0.15, -0.1) is 0 Å². The van der Waals surface area contributed by atoms with Crippen molar-refractivity contribution in [2.24, 2.45) is 0 Å². The van der Waals surface area contributed by atoms with E-state index in [4.69, 9.17) is 4.74 Å². The molecule has 1 aliphatic rings. The van der Waals surface area contributed by atoms with Crippen LogP contribution in [0.2, 0.25) is 0 Å². The van der Waals surface area contributed by atoms with Crippen LogP contribution in [0.4, 0.5) is 10.5 Å². The maximum atomic E-state index is 12.1. The fourth-order valence-electron chi connectivity index (χ4n) is 2.56. The highest BCUT2D eigenvalue weighted by Gasteiger charge is 2.26. The fourth-order valence-corrected chi connectivity index (χ4v) is 2.56. The normalized spacial score (nSPS) is 16.0. The third-order valence-corrected chi connectivity index (χ3v) is 3.70. The summed E-state index contributed by atoms with van der Waals surface area (Å²) in [4.78, 5) is 27.4. The average Bonchev–Trinajstić information content (AvgIpc) is 2.87. The molecule has 2 aromatic rings. The summed E-state index contributed by atoms with van der Waals surface area (Å²) in [6.07, 6.45) is 1.43. The van der Waals surface area contributed by atoms with Gasteiger partial charge in [-0.2, -0.15) is 5.10 Å². The number of rotatable bonds is 1. The maximum absolute atomic E-state index is 12.1. The predicted octanol–water partition coefficient (Wildman–Crippen LogP) is 1.08. The van der Waals surface area contributed by atoms with Crippen molar-refractivity contribution in [2.75, 3.05) is 31.1 Å². The zero-order chi connectivity index (χ0) is 16.6. The van der Waals surface area contributed by atoms with Gasteiger partial charge in [0.2, 0.25) is 0 Å². The van der Waals surface area contributed by atoms with Crippen LogP contribution in [-0.4, -0.2) is 57.4 Å². The van der Waals surface area contributed by atoms with Crippen molar-refractivity contribution in [3.63, 3.8) is 0 Å². The summed E-state index contributed by atoms with van der Waals surface area (Å²) < 4.78 is 6.85. The number of nitrogens with zero attached hydrogens (tertiary/aromatic N) is 4. The Kier molecular flexibility index (Phi) is 3.75. The van der Waals surface area contributed by atoms with E-state index < -0.39 is 5.60 Å². The molecule has 124 valence electrons. The van der Waals surface area contributed by atoms with Crippen LogP contribution in [0.1, 0.15) is 20.8 Å². The quantitative estimate of drug-likeness (QED) is 0.850. The standard InChI is InChI=1S/C15H21N5O3/c1-15(2,3)23-14(22)19-8-6-18(7-9-19)11-4-5-20-12(10-11)16-17-13(20)21/h4-5,10H,6-9H2,1-3H3,(H,17,21). The van der Waals surface area contributed by atoms with Crippen LogP contribution in [0.5, 0.6) is 0 Å².